The van der Waals surface area contributed by atoms with Gasteiger partial charge in [0.25, 0.3) is 5.56 Å². The largest absolute Gasteiger partial charge is 0.325 e. The van der Waals surface area contributed by atoms with E-state index in [9.17, 15) is 9.59 Å². The van der Waals surface area contributed by atoms with Crippen LogP contribution in [-0.2, 0) is 4.79 Å². The smallest absolute Gasteiger partial charge is 0.260 e. The molecule has 0 saturated carbocycles. The predicted octanol–water partition coefficient (Wildman–Crippen LogP) is 5.11. The van der Waals surface area contributed by atoms with E-state index in [1.54, 1.807) is 11.3 Å². The molecule has 0 bridgehead atoms. The Hall–Kier alpha value is -2.81. The van der Waals surface area contributed by atoms with Crippen molar-refractivity contribution < 1.29 is 4.79 Å². The molecule has 1 aliphatic heterocycles. The Kier molecular flexibility index (Phi) is 5.67. The zero-order valence-electron chi connectivity index (χ0n) is 18.0. The SMILES string of the molecule is Cc1sc2nc(-c3cccc(NC(=O)CN4CCC[C@H]4c4cccs4)c3)[nH]c(=O)c2c1C. The molecule has 0 aliphatic carbocycles. The van der Waals surface area contributed by atoms with E-state index in [0.717, 1.165) is 40.2 Å². The number of fused-ring (bicyclic) bond motifs is 1. The van der Waals surface area contributed by atoms with Crippen molar-refractivity contribution in [2.75, 3.05) is 18.4 Å². The number of anilines is 1. The minimum atomic E-state index is -0.130. The van der Waals surface area contributed by atoms with E-state index in [-0.39, 0.29) is 11.5 Å². The highest BCUT2D eigenvalue weighted by Crippen LogP contribution is 2.34. The third kappa shape index (κ3) is 4.01. The molecule has 164 valence electrons. The van der Waals surface area contributed by atoms with Gasteiger partial charge in [-0.2, -0.15) is 0 Å². The first-order valence-corrected chi connectivity index (χ1v) is 12.4. The van der Waals surface area contributed by atoms with Gasteiger partial charge in [0.15, 0.2) is 0 Å². The Morgan fingerprint density at radius 1 is 1.28 bits per heavy atom. The third-order valence-corrected chi connectivity index (χ3v) is 8.12. The zero-order valence-corrected chi connectivity index (χ0v) is 19.6. The number of nitrogens with one attached hydrogen (secondary N) is 2. The maximum atomic E-state index is 12.8. The van der Waals surface area contributed by atoms with Crippen LogP contribution in [0.25, 0.3) is 21.6 Å². The molecule has 0 radical (unpaired) electrons. The number of hydrogen-bond donors (Lipinski definition) is 2. The normalized spacial score (nSPS) is 16.6. The number of amides is 1. The summed E-state index contributed by atoms with van der Waals surface area (Å²) in [4.78, 5) is 38.4. The number of aryl methyl sites for hydroxylation is 2. The fourth-order valence-corrected chi connectivity index (χ4v) is 6.26. The van der Waals surface area contributed by atoms with Crippen LogP contribution in [0, 0.1) is 13.8 Å². The van der Waals surface area contributed by atoms with Crippen LogP contribution >= 0.6 is 22.7 Å². The van der Waals surface area contributed by atoms with Gasteiger partial charge < -0.3 is 10.3 Å². The average Bonchev–Trinajstić information content (AvgIpc) is 3.49. The molecular formula is C24H24N4O2S2. The Bertz CT molecular complexity index is 1340. The van der Waals surface area contributed by atoms with Gasteiger partial charge in [-0.25, -0.2) is 4.98 Å². The number of carbonyl (C=O) groups is 1. The van der Waals surface area contributed by atoms with Crippen LogP contribution < -0.4 is 10.9 Å². The molecule has 1 amide bonds. The van der Waals surface area contributed by atoms with Crippen LogP contribution in [0.2, 0.25) is 0 Å². The van der Waals surface area contributed by atoms with E-state index < -0.39 is 0 Å². The van der Waals surface area contributed by atoms with Gasteiger partial charge in [-0.1, -0.05) is 18.2 Å². The van der Waals surface area contributed by atoms with Crippen molar-refractivity contribution in [3.63, 3.8) is 0 Å². The van der Waals surface area contributed by atoms with Gasteiger partial charge in [0.1, 0.15) is 10.7 Å². The van der Waals surface area contributed by atoms with Crippen LogP contribution in [0.5, 0.6) is 0 Å². The van der Waals surface area contributed by atoms with E-state index in [4.69, 9.17) is 0 Å². The lowest BCUT2D eigenvalue weighted by molar-refractivity contribution is -0.117. The standard InChI is InChI=1S/C24H24N4O2S2/c1-14-15(2)32-24-21(14)23(30)26-22(27-24)16-6-3-7-17(12-16)25-20(29)13-28-10-4-8-18(28)19-9-5-11-31-19/h3,5-7,9,11-12,18H,4,8,10,13H2,1-2H3,(H,25,29)(H,26,27,30)/t18-/m0/s1. The van der Waals surface area contributed by atoms with Gasteiger partial charge in [-0.15, -0.1) is 22.7 Å². The highest BCUT2D eigenvalue weighted by atomic mass is 32.1. The molecule has 2 N–H and O–H groups in total. The summed E-state index contributed by atoms with van der Waals surface area (Å²) in [5, 5.41) is 5.76. The Labute approximate surface area is 193 Å². The summed E-state index contributed by atoms with van der Waals surface area (Å²) < 4.78 is 0. The molecule has 1 aliphatic rings. The summed E-state index contributed by atoms with van der Waals surface area (Å²) in [5.74, 6) is 0.476. The minimum Gasteiger partial charge on any atom is -0.325 e. The third-order valence-electron chi connectivity index (χ3n) is 6.04. The summed E-state index contributed by atoms with van der Waals surface area (Å²) >= 11 is 3.28. The number of aromatic amines is 1. The molecule has 0 spiro atoms. The maximum absolute atomic E-state index is 12.8. The lowest BCUT2D eigenvalue weighted by Gasteiger charge is -2.22. The summed E-state index contributed by atoms with van der Waals surface area (Å²) in [6.07, 6.45) is 2.20. The molecule has 3 aromatic heterocycles. The molecule has 1 atom stereocenters. The van der Waals surface area contributed by atoms with Crippen LogP contribution in [-0.4, -0.2) is 33.9 Å². The number of likely N-dealkylation sites (tertiary alicyclic amines) is 1. The molecule has 6 nitrogen and oxygen atoms in total. The Morgan fingerprint density at radius 2 is 2.16 bits per heavy atom. The van der Waals surface area contributed by atoms with Crippen molar-refractivity contribution in [3.05, 3.63) is 67.4 Å². The van der Waals surface area contributed by atoms with Crippen molar-refractivity contribution in [2.45, 2.75) is 32.7 Å². The highest BCUT2D eigenvalue weighted by Gasteiger charge is 2.28. The fraction of sp³-hybridized carbons (Fsp3) is 0.292. The number of thiophene rings is 2. The molecule has 0 unspecified atom stereocenters. The Balaban J connectivity index is 1.34. The molecule has 4 heterocycles. The van der Waals surface area contributed by atoms with Gasteiger partial charge in [0, 0.05) is 27.0 Å². The lowest BCUT2D eigenvalue weighted by Crippen LogP contribution is -2.32. The molecule has 5 rings (SSSR count). The molecule has 4 aromatic rings. The molecule has 8 heteroatoms. The summed E-state index contributed by atoms with van der Waals surface area (Å²) in [7, 11) is 0. The van der Waals surface area contributed by atoms with E-state index in [1.165, 1.54) is 16.2 Å². The summed E-state index contributed by atoms with van der Waals surface area (Å²) in [6, 6.07) is 12.0. The summed E-state index contributed by atoms with van der Waals surface area (Å²) in [6.45, 7) is 5.24. The van der Waals surface area contributed by atoms with E-state index in [1.807, 2.05) is 38.1 Å². The van der Waals surface area contributed by atoms with Crippen LogP contribution in [0.4, 0.5) is 5.69 Å². The number of nitrogens with zero attached hydrogens (tertiary/aromatic N) is 2. The topological polar surface area (TPSA) is 78.1 Å². The van der Waals surface area contributed by atoms with E-state index in [2.05, 4.69) is 37.7 Å². The van der Waals surface area contributed by atoms with Crippen LogP contribution in [0.1, 0.15) is 34.2 Å². The zero-order chi connectivity index (χ0) is 22.2. The molecular weight excluding hydrogens is 440 g/mol. The first-order valence-electron chi connectivity index (χ1n) is 10.7. The second kappa shape index (κ2) is 8.61. The maximum Gasteiger partial charge on any atom is 0.260 e. The second-order valence-electron chi connectivity index (χ2n) is 8.15. The first-order chi connectivity index (χ1) is 15.5. The van der Waals surface area contributed by atoms with Gasteiger partial charge in [0.05, 0.1) is 11.9 Å². The molecule has 1 aromatic carbocycles. The molecule has 1 saturated heterocycles. The van der Waals surface area contributed by atoms with Gasteiger partial charge in [0.2, 0.25) is 5.91 Å². The quantitative estimate of drug-likeness (QED) is 0.430. The van der Waals surface area contributed by atoms with E-state index >= 15 is 0 Å². The van der Waals surface area contributed by atoms with Gasteiger partial charge in [-0.3, -0.25) is 14.5 Å². The number of H-pyrrole nitrogens is 1. The number of benzene rings is 1. The van der Waals surface area contributed by atoms with Crippen molar-refractivity contribution in [1.29, 1.82) is 0 Å². The number of rotatable bonds is 5. The predicted molar refractivity (Wildman–Crippen MR) is 132 cm³/mol. The number of aromatic nitrogens is 2. The monoisotopic (exact) mass is 464 g/mol. The number of hydrogen-bond acceptors (Lipinski definition) is 6. The van der Waals surface area contributed by atoms with Crippen molar-refractivity contribution >= 4 is 44.5 Å². The highest BCUT2D eigenvalue weighted by molar-refractivity contribution is 7.18. The van der Waals surface area contributed by atoms with Crippen LogP contribution in [0.15, 0.2) is 46.6 Å². The van der Waals surface area contributed by atoms with Gasteiger partial charge in [-0.05, 0) is 62.4 Å². The Morgan fingerprint density at radius 3 is 2.97 bits per heavy atom. The van der Waals surface area contributed by atoms with Crippen molar-refractivity contribution in [3.8, 4) is 11.4 Å². The lowest BCUT2D eigenvalue weighted by atomic mass is 10.1. The van der Waals surface area contributed by atoms with E-state index in [0.29, 0.717) is 29.5 Å². The molecule has 32 heavy (non-hydrogen) atoms. The molecule has 1 fully saturated rings. The van der Waals surface area contributed by atoms with Gasteiger partial charge >= 0.3 is 0 Å². The summed E-state index contributed by atoms with van der Waals surface area (Å²) in [5.41, 5.74) is 2.31. The average molecular weight is 465 g/mol. The number of carbonyl (C=O) groups excluding carboxylic acids is 1. The second-order valence-corrected chi connectivity index (χ2v) is 10.3. The van der Waals surface area contributed by atoms with Crippen molar-refractivity contribution in [1.82, 2.24) is 14.9 Å². The minimum absolute atomic E-state index is 0.0352. The van der Waals surface area contributed by atoms with Crippen LogP contribution in [0.3, 0.4) is 0 Å². The van der Waals surface area contributed by atoms with Crippen molar-refractivity contribution in [2.24, 2.45) is 0 Å². The fourth-order valence-electron chi connectivity index (χ4n) is 4.34. The first kappa shape index (κ1) is 21.1.